The number of sulfone groups is 1. The van der Waals surface area contributed by atoms with Crippen LogP contribution in [0.4, 0.5) is 134 Å². The Morgan fingerprint density at radius 1 is 0.363 bits per heavy atom. The van der Waals surface area contributed by atoms with Crippen LogP contribution < -0.4 is 38.1 Å². The van der Waals surface area contributed by atoms with Gasteiger partial charge >= 0.3 is 30.9 Å². The lowest BCUT2D eigenvalue weighted by atomic mass is 10.1. The molecule has 5 atom stereocenters. The summed E-state index contributed by atoms with van der Waals surface area (Å²) in [5, 5.41) is 70.6. The first-order chi connectivity index (χ1) is 68.0. The number of aliphatic imine (C=N–C) groups is 2. The maximum Gasteiger partial charge on any atom is 0.407 e. The van der Waals surface area contributed by atoms with Crippen molar-refractivity contribution in [2.45, 2.75) is 118 Å². The number of alkyl halides is 15. The van der Waals surface area contributed by atoms with E-state index in [0.717, 1.165) is 75.8 Å². The van der Waals surface area contributed by atoms with Crippen LogP contribution in [0.15, 0.2) is 270 Å². The average Bonchev–Trinajstić information content (AvgIpc) is 0.805. The fourth-order valence-electron chi connectivity index (χ4n) is 10.6. The third kappa shape index (κ3) is 42.2. The van der Waals surface area contributed by atoms with E-state index in [-0.39, 0.29) is 56.3 Å². The van der Waals surface area contributed by atoms with Crippen LogP contribution in [0.2, 0.25) is 0 Å². The molecular weight excluding hydrogens is 2080 g/mol. The van der Waals surface area contributed by atoms with Gasteiger partial charge in [-0.1, -0.05) is 102 Å². The maximum atomic E-state index is 13.0. The van der Waals surface area contributed by atoms with E-state index in [4.69, 9.17) is 44.1 Å². The molecule has 10 aromatic rings. The fraction of sp³-hybridized carbons (Fsp3) is 0.242. The molecule has 0 radical (unpaired) electrons. The number of azide groups is 1. The molecule has 0 aliphatic rings. The molecule has 29 nitrogen and oxygen atoms in total. The first-order valence-corrected chi connectivity index (χ1v) is 47.0. The van der Waals surface area contributed by atoms with Crippen LogP contribution >= 0.6 is 71.5 Å². The van der Waals surface area contributed by atoms with Crippen LogP contribution in [0.5, 0.6) is 0 Å². The number of hydrogen-bond acceptors (Lipinski definition) is 23. The number of nitrogens with two attached hydrogens (primary N) is 2. The summed E-state index contributed by atoms with van der Waals surface area (Å²) >= 11 is 13.1. The van der Waals surface area contributed by atoms with E-state index in [1.54, 1.807) is 68.7 Å². The topological polar surface area (TPSA) is 428 Å². The number of halogens is 15. The number of amides is 5. The number of carbonyl (C=O) groups is 5. The van der Waals surface area contributed by atoms with E-state index in [2.05, 4.69) is 111 Å². The third-order valence-corrected chi connectivity index (χ3v) is 25.6. The number of carbonyl (C=O) groups excluding carboxylic acids is 5. The van der Waals surface area contributed by atoms with Crippen LogP contribution in [-0.2, 0) is 64.7 Å². The number of rotatable bonds is 26. The van der Waals surface area contributed by atoms with Gasteiger partial charge in [0.15, 0.2) is 43.9 Å². The van der Waals surface area contributed by atoms with Crippen molar-refractivity contribution in [2.24, 2.45) is 20.8 Å². The second-order valence-corrected chi connectivity index (χ2v) is 36.6. The van der Waals surface area contributed by atoms with Gasteiger partial charge < -0.3 is 63.6 Å². The molecule has 14 N–H and O–H groups in total. The zero-order chi connectivity index (χ0) is 111. The van der Waals surface area contributed by atoms with Crippen molar-refractivity contribution in [1.82, 2.24) is 0 Å². The molecule has 0 saturated heterocycles. The lowest BCUT2D eigenvalue weighted by Gasteiger charge is -2.22. The predicted octanol–water partition coefficient (Wildman–Crippen LogP) is 23.9. The second-order valence-electron chi connectivity index (χ2n) is 30.1. The first kappa shape index (κ1) is 126. The zero-order valence-electron chi connectivity index (χ0n) is 77.2. The summed E-state index contributed by atoms with van der Waals surface area (Å²) < 4.78 is 220. The molecule has 5 amide bonds. The molecular formula is C95H86F15N17O12S7. The highest BCUT2D eigenvalue weighted by Crippen LogP contribution is 2.45. The molecule has 0 bridgehead atoms. The Kier molecular flexibility index (Phi) is 49.6. The van der Waals surface area contributed by atoms with Gasteiger partial charge in [0.25, 0.3) is 29.5 Å². The minimum Gasteiger partial charge on any atom is -0.399 e. The second kappa shape index (κ2) is 57.5. The van der Waals surface area contributed by atoms with Crippen molar-refractivity contribution in [2.75, 3.05) is 82.2 Å². The number of isothiocyanates is 2. The maximum absolute atomic E-state index is 13.0. The van der Waals surface area contributed by atoms with Crippen LogP contribution in [-0.4, -0.2) is 152 Å². The quantitative estimate of drug-likeness (QED) is 0.00276. The lowest BCUT2D eigenvalue weighted by Crippen LogP contribution is -2.45. The molecule has 0 aromatic heterocycles. The van der Waals surface area contributed by atoms with Gasteiger partial charge in [0.2, 0.25) is 0 Å². The third-order valence-electron chi connectivity index (χ3n) is 18.0. The van der Waals surface area contributed by atoms with E-state index in [9.17, 15) is 124 Å². The van der Waals surface area contributed by atoms with Crippen LogP contribution in [0, 0.1) is 32.9 Å². The van der Waals surface area contributed by atoms with Gasteiger partial charge in [0, 0.05) is 101 Å². The van der Waals surface area contributed by atoms with Crippen molar-refractivity contribution < 1.29 is 124 Å². The van der Waals surface area contributed by atoms with Crippen molar-refractivity contribution in [3.8, 4) is 0 Å². The summed E-state index contributed by atoms with van der Waals surface area (Å²) in [5.74, 6) is -5.62. The van der Waals surface area contributed by atoms with Gasteiger partial charge in [0.05, 0.1) is 81.6 Å². The summed E-state index contributed by atoms with van der Waals surface area (Å²) in [4.78, 5) is 87.8. The highest BCUT2D eigenvalue weighted by Gasteiger charge is 2.43. The van der Waals surface area contributed by atoms with Crippen LogP contribution in [0.25, 0.3) is 34.7 Å². The monoisotopic (exact) mass is 2170 g/mol. The number of thioether (sulfide) groups is 4. The molecule has 770 valence electrons. The van der Waals surface area contributed by atoms with E-state index < -0.39 is 160 Å². The Bertz CT molecular complexity index is 6490. The minimum atomic E-state index is -4.82. The SMILES string of the molecule is CN.CN=C=S.CN=C=S.[C-]#[N+]c1ccc(NC(=O)C(C)(O)CS(=O)(=O)c2ccccc2)cc1C(F)(F)F.[C-]#[N+]c1ccc(NC(=O)C(C)(O)CSc2ccc(N)cc2)cc1C(F)(F)F.[C-]#[N+]c1ccc(NC(=O)C(C)(O)CSc2ccc(N=[N+]=[N-])cc2)cc1C(F)(F)F.[C-]#[N+]c1ccc(NC(=O)C(C)(O)CSc2ccccc2)cc1C(F)(F)F.[C-]#[N+]c1ccc(NC(=O)C(C)(O)CSc2ccccc2)cc1C(F)(F)F. The summed E-state index contributed by atoms with van der Waals surface area (Å²) in [6.45, 7) is 40.1. The number of thiocarbonyl (C=S) groups is 2. The van der Waals surface area contributed by atoms with Gasteiger partial charge in [-0.15, -0.1) is 47.0 Å². The summed E-state index contributed by atoms with van der Waals surface area (Å²) in [6, 6.07) is 52.4. The summed E-state index contributed by atoms with van der Waals surface area (Å²) in [5.41, 5.74) is 0.0382. The molecule has 146 heavy (non-hydrogen) atoms. The Hall–Kier alpha value is -14.2. The smallest absolute Gasteiger partial charge is 0.399 e. The zero-order valence-corrected chi connectivity index (χ0v) is 82.9. The lowest BCUT2D eigenvalue weighted by molar-refractivity contribution is -0.137. The molecule has 0 heterocycles. The Morgan fingerprint density at radius 2 is 0.568 bits per heavy atom. The predicted molar refractivity (Wildman–Crippen MR) is 537 cm³/mol. The van der Waals surface area contributed by atoms with Gasteiger partial charge in [-0.3, -0.25) is 24.0 Å². The van der Waals surface area contributed by atoms with Gasteiger partial charge in [-0.2, -0.15) is 65.9 Å². The molecule has 0 fully saturated rings. The standard InChI is InChI=1S/C18H14F3N5O2S.C18H16F3N3O2S.C18H15F3N2O4S.2C18H15F3N2O2S.2C2H3NS.CH5N/c1-17(28,10-29-13-6-3-11(4-7-13)25-26-22)16(27)24-12-5-8-15(23-2)14(9-12)18(19,20)21;1-17(26,10-27-13-6-3-11(22)4-7-13)16(25)24-12-5-8-15(23-2)14(9-12)18(19,20)21;1-17(25,11-28(26,27)13-6-4-3-5-7-13)16(24)23-12-8-9-15(22-2)14(10-12)18(19,20)21;2*1-17(25,11-26-13-6-4-3-5-7-13)16(24)23-12-8-9-15(22-2)14(10-12)18(19,20)21;2*1-3-2-4;1-2/h3-9,28H,10H2,1H3,(H,24,27);3-9,26H,10,22H2,1H3,(H,24,25);3-10,25H,11H2,1H3,(H,23,24);2*3-10,25H,11H2,1H3,(H,23,24);2*1H3;2H2,1H3. The molecule has 0 aliphatic carbocycles. The Morgan fingerprint density at radius 3 is 0.774 bits per heavy atom. The number of nitrogen functional groups attached to an aromatic ring is 1. The normalized spacial score (nSPS) is 12.8. The van der Waals surface area contributed by atoms with E-state index in [0.29, 0.717) is 46.6 Å². The van der Waals surface area contributed by atoms with Gasteiger partial charge in [0.1, 0.15) is 22.4 Å². The summed E-state index contributed by atoms with van der Waals surface area (Å²) in [7, 11) is 0.653. The molecule has 51 heteroatoms. The number of aliphatic hydroxyl groups is 5. The highest BCUT2D eigenvalue weighted by molar-refractivity contribution is 8.00. The van der Waals surface area contributed by atoms with Crippen LogP contribution in [0.3, 0.4) is 0 Å². The highest BCUT2D eigenvalue weighted by atomic mass is 32.2. The molecule has 10 rings (SSSR count). The van der Waals surface area contributed by atoms with Crippen molar-refractivity contribution in [3.63, 3.8) is 0 Å². The molecule has 0 spiro atoms. The minimum absolute atomic E-state index is 0.0188. The molecule has 0 aliphatic heterocycles. The number of hydrogen-bond donors (Lipinski definition) is 12. The van der Waals surface area contributed by atoms with E-state index >= 15 is 0 Å². The van der Waals surface area contributed by atoms with Gasteiger partial charge in [-0.25, -0.2) is 42.6 Å². The Labute approximate surface area is 854 Å². The van der Waals surface area contributed by atoms with Crippen LogP contribution in [0.1, 0.15) is 62.4 Å². The molecule has 10 aromatic carbocycles. The van der Waals surface area contributed by atoms with Crippen molar-refractivity contribution in [1.29, 1.82) is 0 Å². The largest absolute Gasteiger partial charge is 0.407 e. The molecule has 5 unspecified atom stereocenters. The number of anilines is 6. The average molecular weight is 2170 g/mol. The number of nitrogens with one attached hydrogen (secondary N) is 5. The fourth-order valence-corrected chi connectivity index (χ4v) is 15.9. The number of benzene rings is 10. The van der Waals surface area contributed by atoms with Gasteiger partial charge in [-0.05, 0) is 205 Å². The van der Waals surface area contributed by atoms with E-state index in [1.165, 1.54) is 112 Å². The van der Waals surface area contributed by atoms with Crippen molar-refractivity contribution >= 4 is 189 Å². The van der Waals surface area contributed by atoms with Crippen molar-refractivity contribution in [3.05, 3.63) is 326 Å². The first-order valence-electron chi connectivity index (χ1n) is 40.6. The Balaban J connectivity index is 0.000000458. The molecule has 0 saturated carbocycles. The van der Waals surface area contributed by atoms with E-state index in [1.807, 2.05) is 60.7 Å². The summed E-state index contributed by atoms with van der Waals surface area (Å²) in [6.07, 6.45) is -23.7. The number of nitrogens with zero attached hydrogens (tertiary/aromatic N) is 10.